The summed E-state index contributed by atoms with van der Waals surface area (Å²) in [5.41, 5.74) is 13.9. The van der Waals surface area contributed by atoms with Crippen LogP contribution in [0.2, 0.25) is 0 Å². The number of benzene rings is 1. The van der Waals surface area contributed by atoms with Gasteiger partial charge in [0.25, 0.3) is 0 Å². The van der Waals surface area contributed by atoms with Crippen molar-refractivity contribution in [1.29, 1.82) is 0 Å². The molecule has 1 aromatic rings. The quantitative estimate of drug-likeness (QED) is 0.527. The summed E-state index contributed by atoms with van der Waals surface area (Å²) >= 11 is 0. The summed E-state index contributed by atoms with van der Waals surface area (Å²) in [6.45, 7) is 6.16. The van der Waals surface area contributed by atoms with Crippen molar-refractivity contribution in [2.24, 2.45) is 11.7 Å². The maximum atomic E-state index is 9.86. The van der Waals surface area contributed by atoms with Crippen LogP contribution in [-0.4, -0.2) is 5.11 Å². The summed E-state index contributed by atoms with van der Waals surface area (Å²) in [5, 5.41) is 9.86. The molecule has 3 heteroatoms. The highest BCUT2D eigenvalue weighted by Gasteiger charge is 2.16. The van der Waals surface area contributed by atoms with Gasteiger partial charge in [-0.2, -0.15) is 0 Å². The Labute approximate surface area is 91.1 Å². The molecule has 0 amide bonds. The minimum atomic E-state index is -0.145. The summed E-state index contributed by atoms with van der Waals surface area (Å²) < 4.78 is 0. The molecule has 0 aliphatic rings. The number of phenols is 1. The third-order valence-electron chi connectivity index (χ3n) is 2.56. The lowest BCUT2D eigenvalue weighted by Gasteiger charge is -2.19. The van der Waals surface area contributed by atoms with E-state index in [0.29, 0.717) is 11.6 Å². The van der Waals surface area contributed by atoms with E-state index in [-0.39, 0.29) is 11.8 Å². The van der Waals surface area contributed by atoms with Crippen LogP contribution in [0.1, 0.15) is 37.4 Å². The second-order valence-electron chi connectivity index (χ2n) is 4.47. The van der Waals surface area contributed by atoms with Crippen molar-refractivity contribution in [3.63, 3.8) is 0 Å². The number of aryl methyl sites for hydroxylation is 1. The predicted octanol–water partition coefficient (Wildman–Crippen LogP) is 2.33. The van der Waals surface area contributed by atoms with E-state index in [1.807, 2.05) is 13.0 Å². The first-order chi connectivity index (χ1) is 6.93. The van der Waals surface area contributed by atoms with Gasteiger partial charge in [0, 0.05) is 11.6 Å². The van der Waals surface area contributed by atoms with E-state index in [1.165, 1.54) is 0 Å². The zero-order valence-electron chi connectivity index (χ0n) is 9.62. The fourth-order valence-electron chi connectivity index (χ4n) is 1.82. The zero-order valence-corrected chi connectivity index (χ0v) is 9.62. The lowest BCUT2D eigenvalue weighted by molar-refractivity contribution is 0.446. The molecular weight excluding hydrogens is 188 g/mol. The van der Waals surface area contributed by atoms with Crippen molar-refractivity contribution in [2.75, 3.05) is 5.73 Å². The van der Waals surface area contributed by atoms with Crippen molar-refractivity contribution in [1.82, 2.24) is 0 Å². The Balaban J connectivity index is 3.07. The van der Waals surface area contributed by atoms with Crippen LogP contribution in [0.3, 0.4) is 0 Å². The molecule has 1 atom stereocenters. The van der Waals surface area contributed by atoms with Crippen LogP contribution in [0.15, 0.2) is 12.1 Å². The minimum absolute atomic E-state index is 0.142. The molecule has 0 radical (unpaired) electrons. The maximum absolute atomic E-state index is 9.86. The lowest BCUT2D eigenvalue weighted by Crippen LogP contribution is -2.15. The van der Waals surface area contributed by atoms with Gasteiger partial charge in [-0.05, 0) is 30.9 Å². The number of hydrogen-bond acceptors (Lipinski definition) is 3. The second-order valence-corrected chi connectivity index (χ2v) is 4.47. The van der Waals surface area contributed by atoms with Crippen LogP contribution in [0.25, 0.3) is 0 Å². The Morgan fingerprint density at radius 1 is 1.33 bits per heavy atom. The Bertz CT molecular complexity index is 348. The SMILES string of the molecule is Cc1ccc(N)c(O)c1[C@@H](N)CC(C)C. The van der Waals surface area contributed by atoms with E-state index < -0.39 is 0 Å². The lowest BCUT2D eigenvalue weighted by atomic mass is 9.93. The molecule has 15 heavy (non-hydrogen) atoms. The molecule has 0 spiro atoms. The third kappa shape index (κ3) is 2.63. The topological polar surface area (TPSA) is 72.3 Å². The number of anilines is 1. The molecule has 1 rings (SSSR count). The van der Waals surface area contributed by atoms with Gasteiger partial charge in [-0.1, -0.05) is 19.9 Å². The van der Waals surface area contributed by atoms with Crippen molar-refractivity contribution in [2.45, 2.75) is 33.2 Å². The molecule has 0 heterocycles. The van der Waals surface area contributed by atoms with E-state index in [4.69, 9.17) is 11.5 Å². The van der Waals surface area contributed by atoms with Crippen molar-refractivity contribution >= 4 is 5.69 Å². The van der Waals surface area contributed by atoms with Crippen LogP contribution >= 0.6 is 0 Å². The summed E-state index contributed by atoms with van der Waals surface area (Å²) in [6.07, 6.45) is 0.845. The van der Waals surface area contributed by atoms with E-state index in [0.717, 1.165) is 17.5 Å². The Hall–Kier alpha value is -1.22. The first kappa shape index (κ1) is 11.9. The molecule has 0 aliphatic carbocycles. The molecule has 5 N–H and O–H groups in total. The highest BCUT2D eigenvalue weighted by atomic mass is 16.3. The molecular formula is C12H20N2O. The van der Waals surface area contributed by atoms with Gasteiger partial charge < -0.3 is 16.6 Å². The summed E-state index contributed by atoms with van der Waals surface area (Å²) in [7, 11) is 0. The van der Waals surface area contributed by atoms with Crippen LogP contribution in [0.4, 0.5) is 5.69 Å². The first-order valence-corrected chi connectivity index (χ1v) is 5.27. The van der Waals surface area contributed by atoms with E-state index in [1.54, 1.807) is 6.07 Å². The largest absolute Gasteiger partial charge is 0.505 e. The van der Waals surface area contributed by atoms with Crippen LogP contribution < -0.4 is 11.5 Å². The van der Waals surface area contributed by atoms with E-state index >= 15 is 0 Å². The van der Waals surface area contributed by atoms with Gasteiger partial charge in [0.2, 0.25) is 0 Å². The molecule has 0 aliphatic heterocycles. The van der Waals surface area contributed by atoms with Crippen LogP contribution in [0, 0.1) is 12.8 Å². The molecule has 0 saturated carbocycles. The molecule has 0 aromatic heterocycles. The van der Waals surface area contributed by atoms with Crippen molar-refractivity contribution < 1.29 is 5.11 Å². The molecule has 0 fully saturated rings. The summed E-state index contributed by atoms with van der Waals surface area (Å²) in [6, 6.07) is 3.45. The molecule has 3 nitrogen and oxygen atoms in total. The zero-order chi connectivity index (χ0) is 11.6. The van der Waals surface area contributed by atoms with Gasteiger partial charge in [0.15, 0.2) is 0 Å². The highest BCUT2D eigenvalue weighted by molar-refractivity contribution is 5.59. The Kier molecular flexibility index (Phi) is 3.58. The Morgan fingerprint density at radius 2 is 1.93 bits per heavy atom. The minimum Gasteiger partial charge on any atom is -0.505 e. The number of phenolic OH excluding ortho intramolecular Hbond substituents is 1. The van der Waals surface area contributed by atoms with E-state index in [9.17, 15) is 5.11 Å². The Morgan fingerprint density at radius 3 is 2.47 bits per heavy atom. The number of nitrogens with two attached hydrogens (primary N) is 2. The van der Waals surface area contributed by atoms with Gasteiger partial charge in [-0.25, -0.2) is 0 Å². The fourth-order valence-corrected chi connectivity index (χ4v) is 1.82. The standard InChI is InChI=1S/C12H20N2O/c1-7(2)6-10(14)11-8(3)4-5-9(13)12(11)15/h4-5,7,10,15H,6,13-14H2,1-3H3/t10-/m0/s1. The summed E-state index contributed by atoms with van der Waals surface area (Å²) in [5.74, 6) is 0.642. The number of aromatic hydroxyl groups is 1. The average molecular weight is 208 g/mol. The number of rotatable bonds is 3. The number of hydrogen-bond donors (Lipinski definition) is 3. The van der Waals surface area contributed by atoms with Crippen molar-refractivity contribution in [3.8, 4) is 5.75 Å². The van der Waals surface area contributed by atoms with Crippen LogP contribution in [0.5, 0.6) is 5.75 Å². The van der Waals surface area contributed by atoms with Crippen LogP contribution in [-0.2, 0) is 0 Å². The van der Waals surface area contributed by atoms with E-state index in [2.05, 4.69) is 13.8 Å². The molecule has 0 unspecified atom stereocenters. The third-order valence-corrected chi connectivity index (χ3v) is 2.56. The monoisotopic (exact) mass is 208 g/mol. The average Bonchev–Trinajstić information content (AvgIpc) is 2.11. The summed E-state index contributed by atoms with van der Waals surface area (Å²) in [4.78, 5) is 0. The maximum Gasteiger partial charge on any atom is 0.143 e. The molecule has 0 saturated heterocycles. The number of nitrogen functional groups attached to an aromatic ring is 1. The molecule has 0 bridgehead atoms. The van der Waals surface area contributed by atoms with Crippen molar-refractivity contribution in [3.05, 3.63) is 23.3 Å². The van der Waals surface area contributed by atoms with Gasteiger partial charge in [0.1, 0.15) is 5.75 Å². The normalized spacial score (nSPS) is 13.1. The second kappa shape index (κ2) is 4.53. The predicted molar refractivity (Wildman–Crippen MR) is 63.6 cm³/mol. The smallest absolute Gasteiger partial charge is 0.143 e. The first-order valence-electron chi connectivity index (χ1n) is 5.27. The van der Waals surface area contributed by atoms with Gasteiger partial charge in [-0.15, -0.1) is 0 Å². The fraction of sp³-hybridized carbons (Fsp3) is 0.500. The van der Waals surface area contributed by atoms with Gasteiger partial charge >= 0.3 is 0 Å². The van der Waals surface area contributed by atoms with Gasteiger partial charge in [0.05, 0.1) is 5.69 Å². The highest BCUT2D eigenvalue weighted by Crippen LogP contribution is 2.34. The van der Waals surface area contributed by atoms with Gasteiger partial charge in [-0.3, -0.25) is 0 Å². The molecule has 84 valence electrons. The molecule has 1 aromatic carbocycles.